The standard InChI is InChI=1S/C13H14N2OS/c16-13-6-9(8-17)7-15(13)12-3-1-2-11-10(12)4-5-14-11/h1-5,9,14,17H,6-8H2. The van der Waals surface area contributed by atoms with Crippen LogP contribution in [0.25, 0.3) is 10.9 Å². The van der Waals surface area contributed by atoms with Gasteiger partial charge >= 0.3 is 0 Å². The summed E-state index contributed by atoms with van der Waals surface area (Å²) in [7, 11) is 0. The van der Waals surface area contributed by atoms with Crippen LogP contribution >= 0.6 is 12.6 Å². The lowest BCUT2D eigenvalue weighted by atomic mass is 10.1. The molecule has 0 bridgehead atoms. The van der Waals surface area contributed by atoms with Crippen LogP contribution in [-0.4, -0.2) is 23.2 Å². The molecule has 1 amide bonds. The van der Waals surface area contributed by atoms with Gasteiger partial charge in [-0.25, -0.2) is 0 Å². The Hall–Kier alpha value is -1.42. The summed E-state index contributed by atoms with van der Waals surface area (Å²) in [6.07, 6.45) is 2.52. The number of nitrogens with zero attached hydrogens (tertiary/aromatic N) is 1. The van der Waals surface area contributed by atoms with Crippen molar-refractivity contribution in [1.82, 2.24) is 4.98 Å². The average Bonchev–Trinajstić information content (AvgIpc) is 2.94. The summed E-state index contributed by atoms with van der Waals surface area (Å²) in [5.74, 6) is 1.35. The van der Waals surface area contributed by atoms with Crippen molar-refractivity contribution in [2.45, 2.75) is 6.42 Å². The number of aromatic nitrogens is 1. The van der Waals surface area contributed by atoms with E-state index in [0.29, 0.717) is 12.3 Å². The van der Waals surface area contributed by atoms with Crippen LogP contribution in [0, 0.1) is 5.92 Å². The van der Waals surface area contributed by atoms with Crippen LogP contribution in [0.5, 0.6) is 0 Å². The Labute approximate surface area is 105 Å². The van der Waals surface area contributed by atoms with Crippen LogP contribution in [0.2, 0.25) is 0 Å². The monoisotopic (exact) mass is 246 g/mol. The molecule has 1 aromatic carbocycles. The SMILES string of the molecule is O=C1CC(CS)CN1c1cccc2[nH]ccc12. The van der Waals surface area contributed by atoms with Gasteiger partial charge in [0.05, 0.1) is 5.69 Å². The molecule has 2 heterocycles. The first kappa shape index (κ1) is 10.7. The van der Waals surface area contributed by atoms with Crippen LogP contribution in [0.4, 0.5) is 5.69 Å². The number of anilines is 1. The summed E-state index contributed by atoms with van der Waals surface area (Å²) < 4.78 is 0. The van der Waals surface area contributed by atoms with Crippen molar-refractivity contribution in [1.29, 1.82) is 0 Å². The fourth-order valence-electron chi connectivity index (χ4n) is 2.44. The third-order valence-corrected chi connectivity index (χ3v) is 3.84. The normalized spacial score (nSPS) is 20.4. The summed E-state index contributed by atoms with van der Waals surface area (Å²) in [6, 6.07) is 8.03. The lowest BCUT2D eigenvalue weighted by Crippen LogP contribution is -2.24. The van der Waals surface area contributed by atoms with E-state index in [2.05, 4.69) is 17.6 Å². The number of aromatic amines is 1. The van der Waals surface area contributed by atoms with Gasteiger partial charge in [-0.15, -0.1) is 0 Å². The number of rotatable bonds is 2. The number of thiol groups is 1. The van der Waals surface area contributed by atoms with Gasteiger partial charge in [-0.05, 0) is 29.9 Å². The van der Waals surface area contributed by atoms with Crippen molar-refractivity contribution in [2.75, 3.05) is 17.2 Å². The second-order valence-corrected chi connectivity index (χ2v) is 4.84. The van der Waals surface area contributed by atoms with E-state index in [4.69, 9.17) is 0 Å². The Bertz CT molecular complexity index is 563. The van der Waals surface area contributed by atoms with Gasteiger partial charge in [-0.3, -0.25) is 4.79 Å². The molecule has 1 aromatic heterocycles. The third kappa shape index (κ3) is 1.72. The molecular weight excluding hydrogens is 232 g/mol. The summed E-state index contributed by atoms with van der Waals surface area (Å²) in [5, 5.41) is 1.11. The number of fused-ring (bicyclic) bond motifs is 1. The number of carbonyl (C=O) groups excluding carboxylic acids is 1. The highest BCUT2D eigenvalue weighted by atomic mass is 32.1. The summed E-state index contributed by atoms with van der Waals surface area (Å²) in [6.45, 7) is 0.784. The Kier molecular flexibility index (Phi) is 2.59. The predicted molar refractivity (Wildman–Crippen MR) is 72.6 cm³/mol. The molecule has 0 radical (unpaired) electrons. The van der Waals surface area contributed by atoms with E-state index in [9.17, 15) is 4.79 Å². The van der Waals surface area contributed by atoms with Crippen LogP contribution in [0.3, 0.4) is 0 Å². The van der Waals surface area contributed by atoms with Gasteiger partial charge in [0, 0.05) is 30.1 Å². The Morgan fingerprint density at radius 1 is 1.41 bits per heavy atom. The number of amides is 1. The molecular formula is C13H14N2OS. The van der Waals surface area contributed by atoms with Gasteiger partial charge in [0.2, 0.25) is 5.91 Å². The van der Waals surface area contributed by atoms with Crippen LogP contribution in [-0.2, 0) is 4.79 Å². The van der Waals surface area contributed by atoms with E-state index in [-0.39, 0.29) is 5.91 Å². The fraction of sp³-hybridized carbons (Fsp3) is 0.308. The minimum Gasteiger partial charge on any atom is -0.361 e. The maximum absolute atomic E-state index is 12.0. The average molecular weight is 246 g/mol. The maximum Gasteiger partial charge on any atom is 0.227 e. The molecule has 17 heavy (non-hydrogen) atoms. The zero-order valence-corrected chi connectivity index (χ0v) is 10.3. The van der Waals surface area contributed by atoms with E-state index in [0.717, 1.165) is 28.9 Å². The van der Waals surface area contributed by atoms with Gasteiger partial charge < -0.3 is 9.88 Å². The summed E-state index contributed by atoms with van der Waals surface area (Å²) in [5.41, 5.74) is 2.09. The Morgan fingerprint density at radius 3 is 3.06 bits per heavy atom. The van der Waals surface area contributed by atoms with Gasteiger partial charge in [-0.1, -0.05) is 6.07 Å². The molecule has 1 saturated heterocycles. The minimum absolute atomic E-state index is 0.206. The highest BCUT2D eigenvalue weighted by molar-refractivity contribution is 7.80. The molecule has 0 aliphatic carbocycles. The van der Waals surface area contributed by atoms with Crippen molar-refractivity contribution >= 4 is 35.1 Å². The van der Waals surface area contributed by atoms with Crippen molar-refractivity contribution < 1.29 is 4.79 Å². The fourth-order valence-corrected chi connectivity index (χ4v) is 2.69. The van der Waals surface area contributed by atoms with E-state index >= 15 is 0 Å². The smallest absolute Gasteiger partial charge is 0.227 e. The van der Waals surface area contributed by atoms with Gasteiger partial charge in [0.15, 0.2) is 0 Å². The Balaban J connectivity index is 2.04. The van der Waals surface area contributed by atoms with E-state index in [1.54, 1.807) is 0 Å². The van der Waals surface area contributed by atoms with Crippen molar-refractivity contribution in [3.63, 3.8) is 0 Å². The van der Waals surface area contributed by atoms with Gasteiger partial charge in [-0.2, -0.15) is 12.6 Å². The summed E-state index contributed by atoms with van der Waals surface area (Å²) >= 11 is 4.29. The molecule has 1 aliphatic heterocycles. The zero-order valence-electron chi connectivity index (χ0n) is 9.39. The molecule has 1 fully saturated rings. The molecule has 1 N–H and O–H groups in total. The lowest BCUT2D eigenvalue weighted by Gasteiger charge is -2.17. The Morgan fingerprint density at radius 2 is 2.29 bits per heavy atom. The summed E-state index contributed by atoms with van der Waals surface area (Å²) in [4.78, 5) is 17.0. The first-order valence-electron chi connectivity index (χ1n) is 5.77. The molecule has 3 rings (SSSR count). The lowest BCUT2D eigenvalue weighted by molar-refractivity contribution is -0.117. The number of nitrogens with one attached hydrogen (secondary N) is 1. The topological polar surface area (TPSA) is 36.1 Å². The van der Waals surface area contributed by atoms with Crippen LogP contribution < -0.4 is 4.90 Å². The minimum atomic E-state index is 0.206. The number of hydrogen-bond donors (Lipinski definition) is 2. The van der Waals surface area contributed by atoms with Crippen molar-refractivity contribution in [3.8, 4) is 0 Å². The molecule has 0 saturated carbocycles. The van der Waals surface area contributed by atoms with Crippen LogP contribution in [0.1, 0.15) is 6.42 Å². The molecule has 1 aliphatic rings. The molecule has 3 nitrogen and oxygen atoms in total. The third-order valence-electron chi connectivity index (χ3n) is 3.33. The van der Waals surface area contributed by atoms with E-state index < -0.39 is 0 Å². The van der Waals surface area contributed by atoms with E-state index in [1.165, 1.54) is 0 Å². The molecule has 88 valence electrons. The molecule has 1 unspecified atom stereocenters. The predicted octanol–water partition coefficient (Wildman–Crippen LogP) is 2.45. The second-order valence-electron chi connectivity index (χ2n) is 4.47. The van der Waals surface area contributed by atoms with Crippen molar-refractivity contribution in [2.24, 2.45) is 5.92 Å². The van der Waals surface area contributed by atoms with Crippen LogP contribution in [0.15, 0.2) is 30.5 Å². The van der Waals surface area contributed by atoms with Crippen molar-refractivity contribution in [3.05, 3.63) is 30.5 Å². The van der Waals surface area contributed by atoms with Gasteiger partial charge in [0.25, 0.3) is 0 Å². The highest BCUT2D eigenvalue weighted by Crippen LogP contribution is 2.31. The maximum atomic E-state index is 12.0. The zero-order chi connectivity index (χ0) is 11.8. The molecule has 1 atom stereocenters. The van der Waals surface area contributed by atoms with E-state index in [1.807, 2.05) is 35.4 Å². The largest absolute Gasteiger partial charge is 0.361 e. The molecule has 2 aromatic rings. The first-order chi connectivity index (χ1) is 8.29. The quantitative estimate of drug-likeness (QED) is 0.785. The highest BCUT2D eigenvalue weighted by Gasteiger charge is 2.30. The number of carbonyl (C=O) groups is 1. The van der Waals surface area contributed by atoms with Gasteiger partial charge in [0.1, 0.15) is 0 Å². The molecule has 4 heteroatoms. The molecule has 0 spiro atoms. The first-order valence-corrected chi connectivity index (χ1v) is 6.40. The number of benzene rings is 1. The number of H-pyrrole nitrogens is 1. The number of hydrogen-bond acceptors (Lipinski definition) is 2. The second kappa shape index (κ2) is 4.11.